The monoisotopic (exact) mass is 310 g/mol. The number of amides is 2. The molecular formula is C16H26N2O4. The molecule has 0 aromatic rings. The quantitative estimate of drug-likeness (QED) is 0.806. The second kappa shape index (κ2) is 7.61. The van der Waals surface area contributed by atoms with Crippen LogP contribution in [0.25, 0.3) is 0 Å². The highest BCUT2D eigenvalue weighted by atomic mass is 16.4. The number of likely N-dealkylation sites (tertiary alicyclic amines) is 1. The van der Waals surface area contributed by atoms with Crippen LogP contribution in [0.2, 0.25) is 0 Å². The first-order chi connectivity index (χ1) is 10.5. The van der Waals surface area contributed by atoms with Crippen molar-refractivity contribution in [1.29, 1.82) is 0 Å². The Morgan fingerprint density at radius 2 is 1.95 bits per heavy atom. The molecule has 1 aliphatic heterocycles. The standard InChI is InChI=1S/C16H26N2O4/c1-2-5-14(19)18-9-4-3-6-13(18)15(20)17-12-8-7-11(10-12)16(21)22/h11-13H,2-10H2,1H3,(H,17,20)(H,21,22)/t11-,12+,13?/m0/s1. The summed E-state index contributed by atoms with van der Waals surface area (Å²) in [5.41, 5.74) is 0. The molecule has 6 nitrogen and oxygen atoms in total. The summed E-state index contributed by atoms with van der Waals surface area (Å²) in [4.78, 5) is 37.4. The molecule has 22 heavy (non-hydrogen) atoms. The van der Waals surface area contributed by atoms with Gasteiger partial charge in [-0.15, -0.1) is 0 Å². The van der Waals surface area contributed by atoms with E-state index < -0.39 is 5.97 Å². The van der Waals surface area contributed by atoms with E-state index in [9.17, 15) is 14.4 Å². The predicted octanol–water partition coefficient (Wildman–Crippen LogP) is 1.54. The molecule has 1 saturated carbocycles. The highest BCUT2D eigenvalue weighted by Gasteiger charge is 2.35. The minimum absolute atomic E-state index is 0.0529. The van der Waals surface area contributed by atoms with Gasteiger partial charge in [-0.2, -0.15) is 0 Å². The van der Waals surface area contributed by atoms with Crippen LogP contribution in [0.3, 0.4) is 0 Å². The maximum atomic E-state index is 12.5. The molecule has 1 unspecified atom stereocenters. The fraction of sp³-hybridized carbons (Fsp3) is 0.812. The van der Waals surface area contributed by atoms with E-state index in [1.807, 2.05) is 6.92 Å². The second-order valence-electron chi connectivity index (χ2n) is 6.40. The van der Waals surface area contributed by atoms with Gasteiger partial charge in [-0.1, -0.05) is 6.92 Å². The van der Waals surface area contributed by atoms with E-state index in [4.69, 9.17) is 5.11 Å². The number of hydrogen-bond acceptors (Lipinski definition) is 3. The molecule has 2 rings (SSSR count). The Morgan fingerprint density at radius 3 is 2.59 bits per heavy atom. The molecule has 0 spiro atoms. The molecule has 0 aromatic heterocycles. The lowest BCUT2D eigenvalue weighted by Gasteiger charge is -2.35. The van der Waals surface area contributed by atoms with Gasteiger partial charge < -0.3 is 15.3 Å². The van der Waals surface area contributed by atoms with E-state index in [-0.39, 0.29) is 29.8 Å². The first-order valence-electron chi connectivity index (χ1n) is 8.35. The maximum Gasteiger partial charge on any atom is 0.306 e. The Bertz CT molecular complexity index is 438. The lowest BCUT2D eigenvalue weighted by atomic mass is 10.00. The summed E-state index contributed by atoms with van der Waals surface area (Å²) in [5, 5.41) is 12.0. The highest BCUT2D eigenvalue weighted by molar-refractivity contribution is 5.88. The zero-order chi connectivity index (χ0) is 16.1. The number of carboxylic acids is 1. The van der Waals surface area contributed by atoms with Gasteiger partial charge in [-0.3, -0.25) is 14.4 Å². The van der Waals surface area contributed by atoms with Crippen molar-refractivity contribution in [1.82, 2.24) is 10.2 Å². The maximum absolute atomic E-state index is 12.5. The molecule has 1 aliphatic carbocycles. The van der Waals surface area contributed by atoms with Crippen LogP contribution in [0.1, 0.15) is 58.3 Å². The Labute approximate surface area is 131 Å². The van der Waals surface area contributed by atoms with Crippen molar-refractivity contribution in [3.8, 4) is 0 Å². The summed E-state index contributed by atoms with van der Waals surface area (Å²) < 4.78 is 0. The molecule has 2 aliphatic rings. The number of carboxylic acid groups (broad SMARTS) is 1. The summed E-state index contributed by atoms with van der Waals surface area (Å²) in [5.74, 6) is -1.19. The number of aliphatic carboxylic acids is 1. The second-order valence-corrected chi connectivity index (χ2v) is 6.40. The lowest BCUT2D eigenvalue weighted by molar-refractivity contribution is -0.142. The van der Waals surface area contributed by atoms with Crippen molar-refractivity contribution in [2.45, 2.75) is 70.4 Å². The molecule has 0 bridgehead atoms. The molecule has 1 saturated heterocycles. The summed E-state index contributed by atoms with van der Waals surface area (Å²) in [6.07, 6.45) is 5.69. The SMILES string of the molecule is CCCC(=O)N1CCCCC1C(=O)N[C@@H]1CC[C@H](C(=O)O)C1. The number of carbonyl (C=O) groups is 3. The van der Waals surface area contributed by atoms with Crippen LogP contribution in [0.4, 0.5) is 0 Å². The zero-order valence-corrected chi connectivity index (χ0v) is 13.2. The summed E-state index contributed by atoms with van der Waals surface area (Å²) in [6.45, 7) is 2.61. The average molecular weight is 310 g/mol. The Kier molecular flexibility index (Phi) is 5.80. The van der Waals surface area contributed by atoms with Crippen LogP contribution in [0.5, 0.6) is 0 Å². The Morgan fingerprint density at radius 1 is 1.18 bits per heavy atom. The van der Waals surface area contributed by atoms with Crippen LogP contribution in [0, 0.1) is 5.92 Å². The third-order valence-electron chi connectivity index (χ3n) is 4.72. The van der Waals surface area contributed by atoms with E-state index in [1.54, 1.807) is 4.90 Å². The molecule has 6 heteroatoms. The molecule has 2 amide bonds. The van der Waals surface area contributed by atoms with Crippen molar-refractivity contribution in [3.63, 3.8) is 0 Å². The van der Waals surface area contributed by atoms with E-state index in [1.165, 1.54) is 0 Å². The van der Waals surface area contributed by atoms with Gasteiger partial charge in [0, 0.05) is 19.0 Å². The zero-order valence-electron chi connectivity index (χ0n) is 13.2. The molecular weight excluding hydrogens is 284 g/mol. The van der Waals surface area contributed by atoms with Crippen LogP contribution in [-0.4, -0.2) is 46.4 Å². The largest absolute Gasteiger partial charge is 0.481 e. The Balaban J connectivity index is 1.92. The number of hydrogen-bond donors (Lipinski definition) is 2. The van der Waals surface area contributed by atoms with Crippen molar-refractivity contribution < 1.29 is 19.5 Å². The number of nitrogens with zero attached hydrogens (tertiary/aromatic N) is 1. The van der Waals surface area contributed by atoms with Crippen LogP contribution >= 0.6 is 0 Å². The minimum Gasteiger partial charge on any atom is -0.481 e. The number of rotatable bonds is 5. The number of carbonyl (C=O) groups excluding carboxylic acids is 2. The van der Waals surface area contributed by atoms with Crippen molar-refractivity contribution in [2.24, 2.45) is 5.92 Å². The third kappa shape index (κ3) is 3.99. The Hall–Kier alpha value is -1.59. The summed E-state index contributed by atoms with van der Waals surface area (Å²) in [6, 6.07) is -0.449. The number of piperidine rings is 1. The van der Waals surface area contributed by atoms with Gasteiger partial charge in [0.1, 0.15) is 6.04 Å². The average Bonchev–Trinajstić information content (AvgIpc) is 2.96. The smallest absolute Gasteiger partial charge is 0.306 e. The van der Waals surface area contributed by atoms with Crippen LogP contribution in [-0.2, 0) is 14.4 Å². The minimum atomic E-state index is -0.783. The molecule has 0 aromatic carbocycles. The topological polar surface area (TPSA) is 86.7 Å². The lowest BCUT2D eigenvalue weighted by Crippen LogP contribution is -2.53. The van der Waals surface area contributed by atoms with Crippen molar-refractivity contribution >= 4 is 17.8 Å². The molecule has 3 atom stereocenters. The fourth-order valence-electron chi connectivity index (χ4n) is 3.49. The predicted molar refractivity (Wildman–Crippen MR) is 81.2 cm³/mol. The highest BCUT2D eigenvalue weighted by Crippen LogP contribution is 2.26. The first kappa shape index (κ1) is 16.8. The van der Waals surface area contributed by atoms with Gasteiger partial charge >= 0.3 is 5.97 Å². The van der Waals surface area contributed by atoms with Gasteiger partial charge in [0.15, 0.2) is 0 Å². The van der Waals surface area contributed by atoms with Gasteiger partial charge in [0.25, 0.3) is 0 Å². The summed E-state index contributed by atoms with van der Waals surface area (Å²) in [7, 11) is 0. The van der Waals surface area contributed by atoms with Crippen molar-refractivity contribution in [3.05, 3.63) is 0 Å². The molecule has 2 fully saturated rings. The summed E-state index contributed by atoms with van der Waals surface area (Å²) >= 11 is 0. The van der Waals surface area contributed by atoms with E-state index in [0.717, 1.165) is 19.3 Å². The van der Waals surface area contributed by atoms with E-state index in [0.29, 0.717) is 38.6 Å². The first-order valence-corrected chi connectivity index (χ1v) is 8.35. The fourth-order valence-corrected chi connectivity index (χ4v) is 3.49. The number of nitrogens with one attached hydrogen (secondary N) is 1. The molecule has 2 N–H and O–H groups in total. The van der Waals surface area contributed by atoms with Crippen LogP contribution in [0.15, 0.2) is 0 Å². The normalized spacial score (nSPS) is 28.4. The van der Waals surface area contributed by atoms with Gasteiger partial charge in [-0.05, 0) is 44.9 Å². The van der Waals surface area contributed by atoms with E-state index in [2.05, 4.69) is 5.32 Å². The van der Waals surface area contributed by atoms with Crippen LogP contribution < -0.4 is 5.32 Å². The van der Waals surface area contributed by atoms with Gasteiger partial charge in [-0.25, -0.2) is 0 Å². The van der Waals surface area contributed by atoms with Gasteiger partial charge in [0.2, 0.25) is 11.8 Å². The molecule has 0 radical (unpaired) electrons. The van der Waals surface area contributed by atoms with Gasteiger partial charge in [0.05, 0.1) is 5.92 Å². The third-order valence-corrected chi connectivity index (χ3v) is 4.72. The molecule has 124 valence electrons. The van der Waals surface area contributed by atoms with E-state index >= 15 is 0 Å². The van der Waals surface area contributed by atoms with Crippen molar-refractivity contribution in [2.75, 3.05) is 6.54 Å². The molecule has 1 heterocycles.